The van der Waals surface area contributed by atoms with Gasteiger partial charge in [0.15, 0.2) is 0 Å². The summed E-state index contributed by atoms with van der Waals surface area (Å²) in [6.07, 6.45) is 1.89. The van der Waals surface area contributed by atoms with Gasteiger partial charge in [0, 0.05) is 46.8 Å². The molecule has 0 bridgehead atoms. The van der Waals surface area contributed by atoms with Crippen molar-refractivity contribution in [1.82, 2.24) is 9.80 Å². The van der Waals surface area contributed by atoms with Gasteiger partial charge in [-0.1, -0.05) is 23.8 Å². The van der Waals surface area contributed by atoms with Gasteiger partial charge in [-0.05, 0) is 31.4 Å². The van der Waals surface area contributed by atoms with Crippen molar-refractivity contribution in [3.8, 4) is 0 Å². The van der Waals surface area contributed by atoms with Crippen LogP contribution >= 0.6 is 0 Å². The number of hydrogen-bond donors (Lipinski definition) is 0. The SMILES string of the molecule is Cc1ccc(C)c(CN2CC3(C[C@@H](OCC(=O)N(C)C)CCO3)C2)c1. The van der Waals surface area contributed by atoms with Crippen molar-refractivity contribution < 1.29 is 14.3 Å². The van der Waals surface area contributed by atoms with Crippen molar-refractivity contribution in [2.24, 2.45) is 0 Å². The molecule has 5 nitrogen and oxygen atoms in total. The third-order valence-electron chi connectivity index (χ3n) is 5.31. The zero-order valence-corrected chi connectivity index (χ0v) is 15.9. The van der Waals surface area contributed by atoms with Crippen molar-refractivity contribution in [3.63, 3.8) is 0 Å². The molecule has 2 saturated heterocycles. The van der Waals surface area contributed by atoms with Gasteiger partial charge in [0.05, 0.1) is 11.7 Å². The molecule has 2 aliphatic rings. The summed E-state index contributed by atoms with van der Waals surface area (Å²) in [6.45, 7) is 8.07. The van der Waals surface area contributed by atoms with Crippen LogP contribution in [0, 0.1) is 13.8 Å². The molecule has 2 heterocycles. The summed E-state index contributed by atoms with van der Waals surface area (Å²) in [5, 5.41) is 0. The second-order valence-corrected chi connectivity index (χ2v) is 7.82. The predicted molar refractivity (Wildman–Crippen MR) is 97.5 cm³/mol. The lowest BCUT2D eigenvalue weighted by Crippen LogP contribution is -2.65. The molecule has 138 valence electrons. The zero-order chi connectivity index (χ0) is 18.0. The van der Waals surface area contributed by atoms with E-state index in [2.05, 4.69) is 36.9 Å². The average molecular weight is 346 g/mol. The second-order valence-electron chi connectivity index (χ2n) is 7.82. The van der Waals surface area contributed by atoms with Crippen LogP contribution in [0.15, 0.2) is 18.2 Å². The third kappa shape index (κ3) is 4.40. The molecule has 1 amide bonds. The number of rotatable bonds is 5. The highest BCUT2D eigenvalue weighted by Crippen LogP contribution is 2.36. The van der Waals surface area contributed by atoms with Crippen LogP contribution in [-0.4, -0.2) is 67.8 Å². The van der Waals surface area contributed by atoms with Gasteiger partial charge in [-0.2, -0.15) is 0 Å². The van der Waals surface area contributed by atoms with E-state index in [0.717, 1.165) is 39.1 Å². The first-order valence-corrected chi connectivity index (χ1v) is 9.11. The Kier molecular flexibility index (Phi) is 5.46. The largest absolute Gasteiger partial charge is 0.372 e. The molecule has 1 spiro atoms. The summed E-state index contributed by atoms with van der Waals surface area (Å²) < 4.78 is 11.9. The highest BCUT2D eigenvalue weighted by atomic mass is 16.5. The summed E-state index contributed by atoms with van der Waals surface area (Å²) in [5.74, 6) is 0.0192. The van der Waals surface area contributed by atoms with Gasteiger partial charge in [-0.3, -0.25) is 9.69 Å². The van der Waals surface area contributed by atoms with Crippen LogP contribution in [0.25, 0.3) is 0 Å². The fraction of sp³-hybridized carbons (Fsp3) is 0.650. The molecule has 1 aromatic carbocycles. The Morgan fingerprint density at radius 2 is 2.12 bits per heavy atom. The van der Waals surface area contributed by atoms with Gasteiger partial charge < -0.3 is 14.4 Å². The van der Waals surface area contributed by atoms with Crippen LogP contribution in [0.2, 0.25) is 0 Å². The van der Waals surface area contributed by atoms with E-state index in [4.69, 9.17) is 9.47 Å². The topological polar surface area (TPSA) is 42.0 Å². The van der Waals surface area contributed by atoms with Gasteiger partial charge in [0.2, 0.25) is 5.91 Å². The number of carbonyl (C=O) groups excluding carboxylic acids is 1. The van der Waals surface area contributed by atoms with Crippen molar-refractivity contribution in [2.45, 2.75) is 44.9 Å². The Hall–Kier alpha value is -1.43. The number of hydrogen-bond acceptors (Lipinski definition) is 4. The smallest absolute Gasteiger partial charge is 0.248 e. The summed E-state index contributed by atoms with van der Waals surface area (Å²) in [4.78, 5) is 15.7. The third-order valence-corrected chi connectivity index (χ3v) is 5.31. The first-order chi connectivity index (χ1) is 11.9. The molecule has 0 N–H and O–H groups in total. The maximum Gasteiger partial charge on any atom is 0.248 e. The first kappa shape index (κ1) is 18.4. The minimum absolute atomic E-state index is 0.0192. The molecular weight excluding hydrogens is 316 g/mol. The lowest BCUT2D eigenvalue weighted by Gasteiger charge is -2.53. The number of likely N-dealkylation sites (tertiary alicyclic amines) is 1. The van der Waals surface area contributed by atoms with Gasteiger partial charge in [-0.25, -0.2) is 0 Å². The van der Waals surface area contributed by atoms with Crippen molar-refractivity contribution >= 4 is 5.91 Å². The van der Waals surface area contributed by atoms with Crippen molar-refractivity contribution in [2.75, 3.05) is 40.4 Å². The monoisotopic (exact) mass is 346 g/mol. The fourth-order valence-corrected chi connectivity index (χ4v) is 3.76. The Balaban J connectivity index is 1.50. The van der Waals surface area contributed by atoms with Crippen LogP contribution in [0.1, 0.15) is 29.5 Å². The molecule has 25 heavy (non-hydrogen) atoms. The summed E-state index contributed by atoms with van der Waals surface area (Å²) >= 11 is 0. The number of benzene rings is 1. The minimum atomic E-state index is -0.0815. The maximum atomic E-state index is 11.7. The molecule has 0 aliphatic carbocycles. The molecule has 1 atom stereocenters. The molecule has 5 heteroatoms. The highest BCUT2D eigenvalue weighted by Gasteiger charge is 2.47. The molecule has 0 aromatic heterocycles. The van der Waals surface area contributed by atoms with Crippen LogP contribution in [0.3, 0.4) is 0 Å². The number of aryl methyl sites for hydroxylation is 2. The zero-order valence-electron chi connectivity index (χ0n) is 15.9. The minimum Gasteiger partial charge on any atom is -0.372 e. The Labute approximate surface area is 150 Å². The molecule has 0 saturated carbocycles. The van der Waals surface area contributed by atoms with Gasteiger partial charge in [0.1, 0.15) is 6.61 Å². The molecular formula is C20H30N2O3. The van der Waals surface area contributed by atoms with Crippen LogP contribution in [0.4, 0.5) is 0 Å². The van der Waals surface area contributed by atoms with E-state index < -0.39 is 0 Å². The quantitative estimate of drug-likeness (QED) is 0.819. The lowest BCUT2D eigenvalue weighted by atomic mass is 9.84. The molecule has 3 rings (SSSR count). The fourth-order valence-electron chi connectivity index (χ4n) is 3.76. The second kappa shape index (κ2) is 7.44. The summed E-state index contributed by atoms with van der Waals surface area (Å²) in [6, 6.07) is 6.64. The maximum absolute atomic E-state index is 11.7. The summed E-state index contributed by atoms with van der Waals surface area (Å²) in [7, 11) is 3.52. The van der Waals surface area contributed by atoms with E-state index in [1.54, 1.807) is 19.0 Å². The van der Waals surface area contributed by atoms with Crippen LogP contribution in [-0.2, 0) is 20.8 Å². The normalized spacial score (nSPS) is 22.6. The molecule has 2 fully saturated rings. The molecule has 2 aliphatic heterocycles. The van der Waals surface area contributed by atoms with Crippen LogP contribution in [0.5, 0.6) is 0 Å². The van der Waals surface area contributed by atoms with Gasteiger partial charge >= 0.3 is 0 Å². The number of nitrogens with zero attached hydrogens (tertiary/aromatic N) is 2. The molecule has 1 aromatic rings. The Bertz CT molecular complexity index is 623. The Morgan fingerprint density at radius 1 is 1.36 bits per heavy atom. The number of ether oxygens (including phenoxy) is 2. The van der Waals surface area contributed by atoms with E-state index in [0.29, 0.717) is 0 Å². The van der Waals surface area contributed by atoms with E-state index in [-0.39, 0.29) is 24.2 Å². The number of amides is 1. The lowest BCUT2D eigenvalue weighted by molar-refractivity contribution is -0.200. The predicted octanol–water partition coefficient (Wildman–Crippen LogP) is 2.14. The molecule has 0 unspecified atom stereocenters. The van der Waals surface area contributed by atoms with E-state index >= 15 is 0 Å². The van der Waals surface area contributed by atoms with Crippen molar-refractivity contribution in [1.29, 1.82) is 0 Å². The highest BCUT2D eigenvalue weighted by molar-refractivity contribution is 5.76. The van der Waals surface area contributed by atoms with Gasteiger partial charge in [-0.15, -0.1) is 0 Å². The Morgan fingerprint density at radius 3 is 2.84 bits per heavy atom. The van der Waals surface area contributed by atoms with E-state index in [9.17, 15) is 4.79 Å². The van der Waals surface area contributed by atoms with E-state index in [1.165, 1.54) is 16.7 Å². The number of carbonyl (C=O) groups is 1. The average Bonchev–Trinajstić information content (AvgIpc) is 2.54. The molecule has 0 radical (unpaired) electrons. The standard InChI is InChI=1S/C20H30N2O3/c1-15-5-6-16(2)17(9-15)11-22-13-20(14-22)10-18(7-8-25-20)24-12-19(23)21(3)4/h5-6,9,18H,7-8,10-14H2,1-4H3/t18-/m0/s1. The van der Waals surface area contributed by atoms with E-state index in [1.807, 2.05) is 0 Å². The van der Waals surface area contributed by atoms with Gasteiger partial charge in [0.25, 0.3) is 0 Å². The summed E-state index contributed by atoms with van der Waals surface area (Å²) in [5.41, 5.74) is 3.97. The number of likely N-dealkylation sites (N-methyl/N-ethyl adjacent to an activating group) is 1. The van der Waals surface area contributed by atoms with Crippen molar-refractivity contribution in [3.05, 3.63) is 34.9 Å². The first-order valence-electron chi connectivity index (χ1n) is 9.11. The van der Waals surface area contributed by atoms with Crippen LogP contribution < -0.4 is 0 Å².